The number of hydrogen-bond donors (Lipinski definition) is 2. The van der Waals surface area contributed by atoms with Gasteiger partial charge in [-0.3, -0.25) is 14.3 Å². The Kier molecular flexibility index (Phi) is 10.0. The summed E-state index contributed by atoms with van der Waals surface area (Å²) in [4.78, 5) is 31.6. The molecule has 1 saturated heterocycles. The lowest BCUT2D eigenvalue weighted by Crippen LogP contribution is -2.31. The van der Waals surface area contributed by atoms with Crippen LogP contribution in [-0.4, -0.2) is 39.6 Å². The standard InChI is InChI=1S/C40H50N6O2/c1-40(2,3)37-24-36(44(4)43-37)38(47)42-34-23-33(17-18-35(34)45-19-7-5-6-8-20-45)32-14-10-13-30(22-32)27-46(39(48)31-15-16-31)26-29-12-9-11-28(21-29)25-41/h9-14,17-18,21-24,31H,5-8,15-16,19-20,25-27,41H2,1-4H3,(H,42,47). The molecule has 3 aromatic carbocycles. The topological polar surface area (TPSA) is 96.5 Å². The second-order valence-corrected chi connectivity index (χ2v) is 14.6. The zero-order valence-electron chi connectivity index (χ0n) is 29.0. The molecule has 1 aliphatic heterocycles. The summed E-state index contributed by atoms with van der Waals surface area (Å²) in [5.41, 5.74) is 14.3. The van der Waals surface area contributed by atoms with Crippen LogP contribution in [0.1, 0.15) is 92.2 Å². The number of rotatable bonds is 10. The van der Waals surface area contributed by atoms with Crippen molar-refractivity contribution < 1.29 is 9.59 Å². The molecule has 1 aromatic heterocycles. The SMILES string of the molecule is Cn1nc(C(C)(C)C)cc1C(=O)Nc1cc(-c2cccc(CN(Cc3cccc(CN)c3)C(=O)C3CC3)c2)ccc1N1CCCCCC1. The maximum absolute atomic E-state index is 13.8. The molecule has 0 unspecified atom stereocenters. The maximum atomic E-state index is 13.8. The molecule has 48 heavy (non-hydrogen) atoms. The van der Waals surface area contributed by atoms with Crippen LogP contribution in [0.5, 0.6) is 0 Å². The number of aryl methyl sites for hydroxylation is 1. The third-order valence-electron chi connectivity index (χ3n) is 9.54. The first-order chi connectivity index (χ1) is 23.1. The normalized spacial score (nSPS) is 15.2. The van der Waals surface area contributed by atoms with E-state index in [0.717, 1.165) is 83.7 Å². The molecule has 1 aliphatic carbocycles. The second kappa shape index (κ2) is 14.4. The molecule has 252 valence electrons. The monoisotopic (exact) mass is 646 g/mol. The molecule has 0 radical (unpaired) electrons. The van der Waals surface area contributed by atoms with E-state index in [1.165, 1.54) is 12.8 Å². The van der Waals surface area contributed by atoms with Crippen LogP contribution in [0, 0.1) is 5.92 Å². The lowest BCUT2D eigenvalue weighted by molar-refractivity contribution is -0.133. The molecule has 1 saturated carbocycles. The fraction of sp³-hybridized carbons (Fsp3) is 0.425. The highest BCUT2D eigenvalue weighted by molar-refractivity contribution is 6.05. The van der Waals surface area contributed by atoms with Crippen LogP contribution in [0.4, 0.5) is 11.4 Å². The minimum absolute atomic E-state index is 0.127. The number of hydrogen-bond acceptors (Lipinski definition) is 5. The minimum Gasteiger partial charge on any atom is -0.370 e. The second-order valence-electron chi connectivity index (χ2n) is 14.6. The molecule has 4 aromatic rings. The largest absolute Gasteiger partial charge is 0.370 e. The first kappa shape index (κ1) is 33.5. The average Bonchev–Trinajstić information content (AvgIpc) is 3.89. The number of nitrogens with two attached hydrogens (primary N) is 1. The highest BCUT2D eigenvalue weighted by Gasteiger charge is 2.33. The van der Waals surface area contributed by atoms with Crippen molar-refractivity contribution in [1.29, 1.82) is 0 Å². The van der Waals surface area contributed by atoms with Crippen LogP contribution in [0.3, 0.4) is 0 Å². The van der Waals surface area contributed by atoms with Gasteiger partial charge in [0.15, 0.2) is 0 Å². The van der Waals surface area contributed by atoms with Gasteiger partial charge in [-0.05, 0) is 77.8 Å². The summed E-state index contributed by atoms with van der Waals surface area (Å²) in [7, 11) is 1.83. The molecular formula is C40H50N6O2. The van der Waals surface area contributed by atoms with Gasteiger partial charge in [0, 0.05) is 51.1 Å². The molecular weight excluding hydrogens is 596 g/mol. The van der Waals surface area contributed by atoms with Crippen molar-refractivity contribution in [3.63, 3.8) is 0 Å². The Balaban J connectivity index is 1.29. The van der Waals surface area contributed by atoms with Gasteiger partial charge in [0.2, 0.25) is 5.91 Å². The van der Waals surface area contributed by atoms with Crippen LogP contribution in [0.2, 0.25) is 0 Å². The molecule has 2 aliphatic rings. The van der Waals surface area contributed by atoms with Crippen LogP contribution in [0.25, 0.3) is 11.1 Å². The van der Waals surface area contributed by atoms with Gasteiger partial charge in [-0.15, -0.1) is 0 Å². The summed E-state index contributed by atoms with van der Waals surface area (Å²) in [6.45, 7) is 9.81. The van der Waals surface area contributed by atoms with E-state index in [-0.39, 0.29) is 23.1 Å². The summed E-state index contributed by atoms with van der Waals surface area (Å²) in [5.74, 6) is 0.174. The van der Waals surface area contributed by atoms with E-state index in [4.69, 9.17) is 5.73 Å². The van der Waals surface area contributed by atoms with Gasteiger partial charge in [-0.1, -0.05) is 82.1 Å². The number of aromatic nitrogens is 2. The van der Waals surface area contributed by atoms with E-state index >= 15 is 0 Å². The number of carbonyl (C=O) groups excluding carboxylic acids is 2. The molecule has 0 bridgehead atoms. The maximum Gasteiger partial charge on any atom is 0.273 e. The van der Waals surface area contributed by atoms with Gasteiger partial charge in [0.05, 0.1) is 17.1 Å². The van der Waals surface area contributed by atoms with Crippen molar-refractivity contribution in [3.8, 4) is 11.1 Å². The van der Waals surface area contributed by atoms with Crippen molar-refractivity contribution in [1.82, 2.24) is 14.7 Å². The van der Waals surface area contributed by atoms with Gasteiger partial charge >= 0.3 is 0 Å². The Morgan fingerprint density at radius 1 is 0.854 bits per heavy atom. The summed E-state index contributed by atoms with van der Waals surface area (Å²) in [5, 5.41) is 7.92. The van der Waals surface area contributed by atoms with Crippen molar-refractivity contribution in [2.45, 2.75) is 84.3 Å². The Labute approximate surface area is 285 Å². The third-order valence-corrected chi connectivity index (χ3v) is 9.54. The van der Waals surface area contributed by atoms with Gasteiger partial charge < -0.3 is 20.9 Å². The average molecular weight is 647 g/mol. The molecule has 2 heterocycles. The van der Waals surface area contributed by atoms with E-state index in [2.05, 4.69) is 90.7 Å². The van der Waals surface area contributed by atoms with Gasteiger partial charge in [-0.25, -0.2) is 0 Å². The first-order valence-corrected chi connectivity index (χ1v) is 17.5. The number of nitrogens with zero attached hydrogens (tertiary/aromatic N) is 4. The Bertz CT molecular complexity index is 1760. The van der Waals surface area contributed by atoms with Crippen LogP contribution < -0.4 is 16.0 Å². The van der Waals surface area contributed by atoms with E-state index in [9.17, 15) is 9.59 Å². The molecule has 2 amide bonds. The molecule has 0 atom stereocenters. The summed E-state index contributed by atoms with van der Waals surface area (Å²) in [6.07, 6.45) is 6.67. The fourth-order valence-corrected chi connectivity index (χ4v) is 6.58. The number of carbonyl (C=O) groups is 2. The highest BCUT2D eigenvalue weighted by atomic mass is 16.2. The quantitative estimate of drug-likeness (QED) is 0.187. The fourth-order valence-electron chi connectivity index (χ4n) is 6.58. The summed E-state index contributed by atoms with van der Waals surface area (Å²) >= 11 is 0. The Hall–Kier alpha value is -4.43. The zero-order valence-corrected chi connectivity index (χ0v) is 29.0. The van der Waals surface area contributed by atoms with Gasteiger partial charge in [0.1, 0.15) is 5.69 Å². The molecule has 3 N–H and O–H groups in total. The van der Waals surface area contributed by atoms with Crippen molar-refractivity contribution in [2.24, 2.45) is 18.7 Å². The molecule has 6 rings (SSSR count). The van der Waals surface area contributed by atoms with Gasteiger partial charge in [-0.2, -0.15) is 5.10 Å². The van der Waals surface area contributed by atoms with Crippen molar-refractivity contribution in [2.75, 3.05) is 23.3 Å². The van der Waals surface area contributed by atoms with Crippen molar-refractivity contribution in [3.05, 3.63) is 101 Å². The zero-order chi connectivity index (χ0) is 33.8. The third kappa shape index (κ3) is 7.98. The Morgan fingerprint density at radius 3 is 2.15 bits per heavy atom. The van der Waals surface area contributed by atoms with E-state index in [1.807, 2.05) is 30.1 Å². The lowest BCUT2D eigenvalue weighted by Gasteiger charge is -2.26. The molecule has 8 nitrogen and oxygen atoms in total. The van der Waals surface area contributed by atoms with Crippen LogP contribution >= 0.6 is 0 Å². The lowest BCUT2D eigenvalue weighted by atomic mass is 9.92. The molecule has 0 spiro atoms. The first-order valence-electron chi connectivity index (χ1n) is 17.5. The molecule has 2 fully saturated rings. The predicted octanol–water partition coefficient (Wildman–Crippen LogP) is 7.41. The van der Waals surface area contributed by atoms with E-state index in [0.29, 0.717) is 25.3 Å². The van der Waals surface area contributed by atoms with E-state index < -0.39 is 0 Å². The summed E-state index contributed by atoms with van der Waals surface area (Å²) < 4.78 is 1.68. The summed E-state index contributed by atoms with van der Waals surface area (Å²) in [6, 6.07) is 24.9. The highest BCUT2D eigenvalue weighted by Crippen LogP contribution is 2.35. The van der Waals surface area contributed by atoms with E-state index in [1.54, 1.807) is 4.68 Å². The Morgan fingerprint density at radius 2 is 1.50 bits per heavy atom. The van der Waals surface area contributed by atoms with Crippen LogP contribution in [-0.2, 0) is 36.9 Å². The number of benzene rings is 3. The smallest absolute Gasteiger partial charge is 0.273 e. The molecule has 8 heteroatoms. The predicted molar refractivity (Wildman–Crippen MR) is 194 cm³/mol. The van der Waals surface area contributed by atoms with Crippen molar-refractivity contribution >= 4 is 23.2 Å². The number of nitrogens with one attached hydrogen (secondary N) is 1. The minimum atomic E-state index is -0.171. The number of anilines is 2. The van der Waals surface area contributed by atoms with Gasteiger partial charge in [0.25, 0.3) is 5.91 Å². The van der Waals surface area contributed by atoms with Crippen LogP contribution in [0.15, 0.2) is 72.8 Å². The number of amides is 2.